The number of nitrogens with one attached hydrogen (secondary N) is 1. The van der Waals surface area contributed by atoms with Gasteiger partial charge < -0.3 is 9.73 Å². The van der Waals surface area contributed by atoms with E-state index in [0.29, 0.717) is 12.3 Å². The summed E-state index contributed by atoms with van der Waals surface area (Å²) in [5.41, 5.74) is -1.13. The fourth-order valence-electron chi connectivity index (χ4n) is 2.76. The molecule has 0 unspecified atom stereocenters. The van der Waals surface area contributed by atoms with Crippen molar-refractivity contribution >= 4 is 11.6 Å². The van der Waals surface area contributed by atoms with Crippen molar-refractivity contribution < 1.29 is 22.4 Å². The number of carbonyl (C=O) groups excluding carboxylic acids is 1. The normalized spacial score (nSPS) is 11.6. The van der Waals surface area contributed by atoms with E-state index >= 15 is 0 Å². The third-order valence-corrected chi connectivity index (χ3v) is 4.09. The van der Waals surface area contributed by atoms with Crippen LogP contribution in [0.4, 0.5) is 18.9 Å². The Bertz CT molecular complexity index is 1120. The molecule has 0 aliphatic heterocycles. The Kier molecular flexibility index (Phi) is 4.67. The fourth-order valence-corrected chi connectivity index (χ4v) is 2.76. The molecule has 29 heavy (non-hydrogen) atoms. The van der Waals surface area contributed by atoms with Gasteiger partial charge in [0.15, 0.2) is 5.76 Å². The topological polar surface area (TPSA) is 77.9 Å². The molecule has 0 aliphatic carbocycles. The molecule has 0 radical (unpaired) electrons. The van der Waals surface area contributed by atoms with Gasteiger partial charge in [-0.05, 0) is 42.5 Å². The Balaban J connectivity index is 1.57. The maximum absolute atomic E-state index is 13.5. The predicted molar refractivity (Wildman–Crippen MR) is 96.6 cm³/mol. The van der Waals surface area contributed by atoms with Gasteiger partial charge in [-0.1, -0.05) is 0 Å². The number of halogens is 3. The molecular weight excluding hydrogens is 387 g/mol. The number of anilines is 1. The number of carbonyl (C=O) groups is 1. The van der Waals surface area contributed by atoms with Crippen LogP contribution in [0.2, 0.25) is 0 Å². The van der Waals surface area contributed by atoms with Gasteiger partial charge in [0.25, 0.3) is 5.91 Å². The molecular formula is C19H14F3N5O2. The Morgan fingerprint density at radius 3 is 2.55 bits per heavy atom. The monoisotopic (exact) mass is 401 g/mol. The minimum atomic E-state index is -4.67. The van der Waals surface area contributed by atoms with Gasteiger partial charge in [-0.15, -0.1) is 0 Å². The number of alkyl halides is 3. The van der Waals surface area contributed by atoms with Crippen molar-refractivity contribution in [3.05, 3.63) is 84.3 Å². The molecule has 0 fully saturated rings. The SMILES string of the molecule is O=C(Nc1ccc(-n2cccn2)cc1C(F)(F)F)c1ccc(Cn2cccn2)o1. The molecule has 0 spiro atoms. The minimum Gasteiger partial charge on any atom is -0.454 e. The van der Waals surface area contributed by atoms with Gasteiger partial charge >= 0.3 is 6.18 Å². The summed E-state index contributed by atoms with van der Waals surface area (Å²) in [5, 5.41) is 10.2. The molecule has 7 nitrogen and oxygen atoms in total. The Morgan fingerprint density at radius 1 is 1.07 bits per heavy atom. The molecule has 1 N–H and O–H groups in total. The zero-order chi connectivity index (χ0) is 20.4. The second-order valence-electron chi connectivity index (χ2n) is 6.10. The van der Waals surface area contributed by atoms with Gasteiger partial charge in [0.2, 0.25) is 0 Å². The quantitative estimate of drug-likeness (QED) is 0.549. The summed E-state index contributed by atoms with van der Waals surface area (Å²) < 4.78 is 48.9. The molecule has 1 aromatic carbocycles. The van der Waals surface area contributed by atoms with E-state index in [0.717, 1.165) is 6.07 Å². The molecule has 0 saturated heterocycles. The van der Waals surface area contributed by atoms with Crippen LogP contribution in [0.3, 0.4) is 0 Å². The van der Waals surface area contributed by atoms with Crippen LogP contribution >= 0.6 is 0 Å². The van der Waals surface area contributed by atoms with E-state index in [2.05, 4.69) is 15.5 Å². The van der Waals surface area contributed by atoms with E-state index in [9.17, 15) is 18.0 Å². The second-order valence-corrected chi connectivity index (χ2v) is 6.10. The molecule has 0 saturated carbocycles. The maximum atomic E-state index is 13.5. The minimum absolute atomic E-state index is 0.101. The molecule has 0 aliphatic rings. The van der Waals surface area contributed by atoms with Crippen LogP contribution in [0.1, 0.15) is 21.9 Å². The summed E-state index contributed by atoms with van der Waals surface area (Å²) in [6, 6.07) is 9.85. The van der Waals surface area contributed by atoms with Crippen molar-refractivity contribution in [2.24, 2.45) is 0 Å². The zero-order valence-electron chi connectivity index (χ0n) is 14.8. The zero-order valence-corrected chi connectivity index (χ0v) is 14.8. The molecule has 4 rings (SSSR count). The lowest BCUT2D eigenvalue weighted by Crippen LogP contribution is -2.17. The molecule has 0 atom stereocenters. The highest BCUT2D eigenvalue weighted by Crippen LogP contribution is 2.36. The van der Waals surface area contributed by atoms with Crippen LogP contribution in [0.15, 0.2) is 71.7 Å². The number of benzene rings is 1. The lowest BCUT2D eigenvalue weighted by Gasteiger charge is -2.15. The van der Waals surface area contributed by atoms with E-state index < -0.39 is 17.6 Å². The fraction of sp³-hybridized carbons (Fsp3) is 0.105. The first kappa shape index (κ1) is 18.5. The van der Waals surface area contributed by atoms with Crippen molar-refractivity contribution in [2.45, 2.75) is 12.7 Å². The first-order valence-electron chi connectivity index (χ1n) is 8.49. The summed E-state index contributed by atoms with van der Waals surface area (Å²) in [7, 11) is 0. The molecule has 10 heteroatoms. The van der Waals surface area contributed by atoms with Crippen LogP contribution in [0.5, 0.6) is 0 Å². The summed E-state index contributed by atoms with van der Waals surface area (Å²) >= 11 is 0. The highest BCUT2D eigenvalue weighted by Gasteiger charge is 2.34. The standard InChI is InChI=1S/C19H14F3N5O2/c20-19(21,22)15-11-13(27-10-2-8-24-27)3-5-16(15)25-18(28)17-6-4-14(29-17)12-26-9-1-7-23-26/h1-11H,12H2,(H,25,28). The number of hydrogen-bond acceptors (Lipinski definition) is 4. The van der Waals surface area contributed by atoms with Crippen LogP contribution in [-0.4, -0.2) is 25.5 Å². The highest BCUT2D eigenvalue weighted by atomic mass is 19.4. The number of rotatable bonds is 5. The van der Waals surface area contributed by atoms with Crippen molar-refractivity contribution in [1.29, 1.82) is 0 Å². The average Bonchev–Trinajstić information content (AvgIpc) is 3.44. The Labute approximate surface area is 162 Å². The number of nitrogens with zero attached hydrogens (tertiary/aromatic N) is 4. The molecule has 3 heterocycles. The molecule has 4 aromatic rings. The van der Waals surface area contributed by atoms with Crippen molar-refractivity contribution in [3.8, 4) is 5.69 Å². The van der Waals surface area contributed by atoms with Gasteiger partial charge in [0, 0.05) is 24.8 Å². The van der Waals surface area contributed by atoms with Crippen LogP contribution in [0.25, 0.3) is 5.69 Å². The summed E-state index contributed by atoms with van der Waals surface area (Å²) in [6.45, 7) is 0.298. The smallest absolute Gasteiger partial charge is 0.418 e. The highest BCUT2D eigenvalue weighted by molar-refractivity contribution is 6.02. The lowest BCUT2D eigenvalue weighted by molar-refractivity contribution is -0.136. The maximum Gasteiger partial charge on any atom is 0.418 e. The number of amides is 1. The van der Waals surface area contributed by atoms with E-state index in [4.69, 9.17) is 4.42 Å². The van der Waals surface area contributed by atoms with Gasteiger partial charge in [-0.3, -0.25) is 9.48 Å². The summed E-state index contributed by atoms with van der Waals surface area (Å²) in [4.78, 5) is 12.4. The van der Waals surface area contributed by atoms with Crippen molar-refractivity contribution in [3.63, 3.8) is 0 Å². The lowest BCUT2D eigenvalue weighted by atomic mass is 10.1. The third-order valence-electron chi connectivity index (χ3n) is 4.09. The number of furan rings is 1. The Hall–Kier alpha value is -3.82. The molecule has 3 aromatic heterocycles. The van der Waals surface area contributed by atoms with Gasteiger partial charge in [0.1, 0.15) is 5.76 Å². The second kappa shape index (κ2) is 7.30. The van der Waals surface area contributed by atoms with E-state index in [-0.39, 0.29) is 17.1 Å². The first-order chi connectivity index (χ1) is 13.9. The molecule has 1 amide bonds. The van der Waals surface area contributed by atoms with E-state index in [1.165, 1.54) is 35.3 Å². The van der Waals surface area contributed by atoms with Crippen LogP contribution < -0.4 is 5.32 Å². The van der Waals surface area contributed by atoms with Gasteiger partial charge in [-0.25, -0.2) is 4.68 Å². The van der Waals surface area contributed by atoms with Gasteiger partial charge in [0.05, 0.1) is 23.5 Å². The largest absolute Gasteiger partial charge is 0.454 e. The predicted octanol–water partition coefficient (Wildman–Crippen LogP) is 3.98. The number of hydrogen-bond donors (Lipinski definition) is 1. The Morgan fingerprint density at radius 2 is 1.86 bits per heavy atom. The third kappa shape index (κ3) is 4.05. The van der Waals surface area contributed by atoms with Crippen molar-refractivity contribution in [2.75, 3.05) is 5.32 Å². The molecule has 0 bridgehead atoms. The van der Waals surface area contributed by atoms with E-state index in [1.54, 1.807) is 35.3 Å². The summed E-state index contributed by atoms with van der Waals surface area (Å²) in [5.74, 6) is -0.436. The first-order valence-corrected chi connectivity index (χ1v) is 8.49. The van der Waals surface area contributed by atoms with Gasteiger partial charge in [-0.2, -0.15) is 23.4 Å². The number of aromatic nitrogens is 4. The van der Waals surface area contributed by atoms with E-state index in [1.807, 2.05) is 0 Å². The van der Waals surface area contributed by atoms with Crippen molar-refractivity contribution in [1.82, 2.24) is 19.6 Å². The average molecular weight is 401 g/mol. The van der Waals surface area contributed by atoms with Crippen LogP contribution in [0, 0.1) is 0 Å². The summed E-state index contributed by atoms with van der Waals surface area (Å²) in [6.07, 6.45) is 1.64. The van der Waals surface area contributed by atoms with Crippen LogP contribution in [-0.2, 0) is 12.7 Å². The molecule has 148 valence electrons.